The number of halogens is 2. The fourth-order valence-electron chi connectivity index (χ4n) is 1.41. The Kier molecular flexibility index (Phi) is 3.91. The van der Waals surface area contributed by atoms with Crippen molar-refractivity contribution >= 4 is 15.9 Å². The molecule has 17 heavy (non-hydrogen) atoms. The van der Waals surface area contributed by atoms with E-state index in [1.807, 2.05) is 6.92 Å². The number of nitrogens with one attached hydrogen (secondary N) is 1. The number of benzene rings is 1. The molecule has 0 unspecified atom stereocenters. The normalized spacial score (nSPS) is 10.8. The summed E-state index contributed by atoms with van der Waals surface area (Å²) in [5.74, 6) is 0.863. The molecular formula is C12H12BrFN2O. The van der Waals surface area contributed by atoms with Gasteiger partial charge in [-0.15, -0.1) is 0 Å². The van der Waals surface area contributed by atoms with E-state index in [9.17, 15) is 4.39 Å². The Bertz CT molecular complexity index is 513. The minimum absolute atomic E-state index is 0.313. The molecule has 0 amide bonds. The summed E-state index contributed by atoms with van der Waals surface area (Å²) in [6.45, 7) is 3.44. The molecule has 0 aliphatic heterocycles. The minimum Gasteiger partial charge on any atom is -0.439 e. The third-order valence-corrected chi connectivity index (χ3v) is 2.93. The first kappa shape index (κ1) is 12.3. The Labute approximate surface area is 107 Å². The molecule has 0 aliphatic rings. The summed E-state index contributed by atoms with van der Waals surface area (Å²) in [6, 6.07) is 4.85. The van der Waals surface area contributed by atoms with E-state index in [1.165, 1.54) is 6.07 Å². The number of oxazole rings is 1. The topological polar surface area (TPSA) is 38.1 Å². The van der Waals surface area contributed by atoms with E-state index in [4.69, 9.17) is 4.42 Å². The number of rotatable bonds is 4. The molecule has 1 aromatic carbocycles. The van der Waals surface area contributed by atoms with E-state index in [2.05, 4.69) is 26.2 Å². The van der Waals surface area contributed by atoms with Crippen molar-refractivity contribution in [3.63, 3.8) is 0 Å². The highest BCUT2D eigenvalue weighted by Crippen LogP contribution is 2.25. The smallest absolute Gasteiger partial charge is 0.208 e. The summed E-state index contributed by atoms with van der Waals surface area (Å²) in [6.07, 6.45) is 1.61. The molecule has 1 aromatic heterocycles. The van der Waals surface area contributed by atoms with Gasteiger partial charge in [-0.05, 0) is 40.7 Å². The standard InChI is InChI=1S/C12H12BrFN2O/c1-2-15-7-12-16-6-11(17-12)8-3-4-9(13)10(14)5-8/h3-6,15H,2,7H2,1H3. The summed E-state index contributed by atoms with van der Waals surface area (Å²) < 4.78 is 19.3. The quantitative estimate of drug-likeness (QED) is 0.941. The molecule has 0 atom stereocenters. The first-order chi connectivity index (χ1) is 8.20. The highest BCUT2D eigenvalue weighted by molar-refractivity contribution is 9.10. The molecule has 0 saturated heterocycles. The average Bonchev–Trinajstić information content (AvgIpc) is 2.79. The van der Waals surface area contributed by atoms with Crippen LogP contribution in [0.2, 0.25) is 0 Å². The zero-order valence-corrected chi connectivity index (χ0v) is 10.9. The van der Waals surface area contributed by atoms with Crippen molar-refractivity contribution in [1.29, 1.82) is 0 Å². The lowest BCUT2D eigenvalue weighted by Crippen LogP contribution is -2.11. The van der Waals surface area contributed by atoms with Gasteiger partial charge < -0.3 is 9.73 Å². The Morgan fingerprint density at radius 2 is 2.29 bits per heavy atom. The third kappa shape index (κ3) is 2.92. The monoisotopic (exact) mass is 298 g/mol. The molecule has 0 radical (unpaired) electrons. The van der Waals surface area contributed by atoms with Crippen LogP contribution in [0, 0.1) is 5.82 Å². The molecule has 90 valence electrons. The van der Waals surface area contributed by atoms with Crippen molar-refractivity contribution < 1.29 is 8.81 Å². The van der Waals surface area contributed by atoms with Gasteiger partial charge in [0.1, 0.15) is 5.82 Å². The summed E-state index contributed by atoms with van der Waals surface area (Å²) >= 11 is 3.11. The van der Waals surface area contributed by atoms with Crippen LogP contribution in [0.15, 0.2) is 33.3 Å². The molecular weight excluding hydrogens is 287 g/mol. The Hall–Kier alpha value is -1.20. The Morgan fingerprint density at radius 1 is 1.47 bits per heavy atom. The van der Waals surface area contributed by atoms with Crippen LogP contribution in [0.3, 0.4) is 0 Å². The second-order valence-electron chi connectivity index (χ2n) is 3.53. The minimum atomic E-state index is -0.313. The lowest BCUT2D eigenvalue weighted by Gasteiger charge is -1.99. The molecule has 2 aromatic rings. The fourth-order valence-corrected chi connectivity index (χ4v) is 1.65. The predicted octanol–water partition coefficient (Wildman–Crippen LogP) is 3.35. The number of hydrogen-bond acceptors (Lipinski definition) is 3. The fraction of sp³-hybridized carbons (Fsp3) is 0.250. The van der Waals surface area contributed by atoms with Gasteiger partial charge in [0.15, 0.2) is 5.76 Å². The van der Waals surface area contributed by atoms with Crippen molar-refractivity contribution in [2.45, 2.75) is 13.5 Å². The first-order valence-corrected chi connectivity index (χ1v) is 6.11. The van der Waals surface area contributed by atoms with Gasteiger partial charge >= 0.3 is 0 Å². The van der Waals surface area contributed by atoms with E-state index in [0.29, 0.717) is 28.2 Å². The first-order valence-electron chi connectivity index (χ1n) is 5.31. The van der Waals surface area contributed by atoms with Crippen LogP contribution in [-0.2, 0) is 6.54 Å². The van der Waals surface area contributed by atoms with Crippen LogP contribution in [0.4, 0.5) is 4.39 Å². The summed E-state index contributed by atoms with van der Waals surface area (Å²) in [5.41, 5.74) is 0.681. The number of nitrogens with zero attached hydrogens (tertiary/aromatic N) is 1. The van der Waals surface area contributed by atoms with E-state index < -0.39 is 0 Å². The van der Waals surface area contributed by atoms with Gasteiger partial charge in [0, 0.05) is 5.56 Å². The van der Waals surface area contributed by atoms with Gasteiger partial charge in [0.2, 0.25) is 5.89 Å². The van der Waals surface area contributed by atoms with Crippen molar-refractivity contribution in [3.8, 4) is 11.3 Å². The third-order valence-electron chi connectivity index (χ3n) is 2.28. The maximum atomic E-state index is 13.4. The highest BCUT2D eigenvalue weighted by Gasteiger charge is 2.08. The van der Waals surface area contributed by atoms with Gasteiger partial charge in [-0.25, -0.2) is 9.37 Å². The van der Waals surface area contributed by atoms with Gasteiger partial charge in [0.25, 0.3) is 0 Å². The van der Waals surface area contributed by atoms with Crippen LogP contribution in [0.1, 0.15) is 12.8 Å². The zero-order valence-electron chi connectivity index (χ0n) is 9.34. The van der Waals surface area contributed by atoms with Gasteiger partial charge in [-0.3, -0.25) is 0 Å². The van der Waals surface area contributed by atoms with E-state index in [0.717, 1.165) is 6.54 Å². The number of aromatic nitrogens is 1. The molecule has 0 fully saturated rings. The van der Waals surface area contributed by atoms with Crippen LogP contribution >= 0.6 is 15.9 Å². The van der Waals surface area contributed by atoms with Gasteiger partial charge in [0.05, 0.1) is 17.2 Å². The van der Waals surface area contributed by atoms with Gasteiger partial charge in [-0.1, -0.05) is 6.92 Å². The lowest BCUT2D eigenvalue weighted by atomic mass is 10.2. The Morgan fingerprint density at radius 3 is 3.00 bits per heavy atom. The van der Waals surface area contributed by atoms with Crippen LogP contribution in [-0.4, -0.2) is 11.5 Å². The summed E-state index contributed by atoms with van der Waals surface area (Å²) in [4.78, 5) is 4.12. The molecule has 0 saturated carbocycles. The molecule has 0 bridgehead atoms. The summed E-state index contributed by atoms with van der Waals surface area (Å²) in [7, 11) is 0. The van der Waals surface area contributed by atoms with Crippen molar-refractivity contribution in [3.05, 3.63) is 40.6 Å². The van der Waals surface area contributed by atoms with Crippen LogP contribution in [0.25, 0.3) is 11.3 Å². The van der Waals surface area contributed by atoms with Crippen molar-refractivity contribution in [2.24, 2.45) is 0 Å². The van der Waals surface area contributed by atoms with Crippen LogP contribution < -0.4 is 5.32 Å². The molecule has 0 spiro atoms. The lowest BCUT2D eigenvalue weighted by molar-refractivity contribution is 0.482. The molecule has 0 aliphatic carbocycles. The average molecular weight is 299 g/mol. The van der Waals surface area contributed by atoms with Crippen molar-refractivity contribution in [2.75, 3.05) is 6.54 Å². The van der Waals surface area contributed by atoms with Crippen molar-refractivity contribution in [1.82, 2.24) is 10.3 Å². The van der Waals surface area contributed by atoms with Gasteiger partial charge in [-0.2, -0.15) is 0 Å². The second-order valence-corrected chi connectivity index (χ2v) is 4.38. The molecule has 1 N–H and O–H groups in total. The van der Waals surface area contributed by atoms with Crippen LogP contribution in [0.5, 0.6) is 0 Å². The largest absolute Gasteiger partial charge is 0.439 e. The molecule has 1 heterocycles. The van der Waals surface area contributed by atoms with E-state index in [-0.39, 0.29) is 5.82 Å². The maximum absolute atomic E-state index is 13.4. The maximum Gasteiger partial charge on any atom is 0.208 e. The number of hydrogen-bond donors (Lipinski definition) is 1. The zero-order chi connectivity index (χ0) is 12.3. The van der Waals surface area contributed by atoms with E-state index >= 15 is 0 Å². The highest BCUT2D eigenvalue weighted by atomic mass is 79.9. The molecule has 5 heteroatoms. The molecule has 3 nitrogen and oxygen atoms in total. The predicted molar refractivity (Wildman–Crippen MR) is 67.0 cm³/mol. The Balaban J connectivity index is 2.21. The molecule has 2 rings (SSSR count). The SMILES string of the molecule is CCNCc1ncc(-c2ccc(Br)c(F)c2)o1. The summed E-state index contributed by atoms with van der Waals surface area (Å²) in [5, 5.41) is 3.11. The second kappa shape index (κ2) is 5.42. The van der Waals surface area contributed by atoms with E-state index in [1.54, 1.807) is 18.3 Å².